The fourth-order valence-electron chi connectivity index (χ4n) is 2.86. The van der Waals surface area contributed by atoms with Gasteiger partial charge < -0.3 is 15.5 Å². The Morgan fingerprint density at radius 3 is 1.83 bits per heavy atom. The maximum atomic E-state index is 13.5. The smallest absolute Gasteiger partial charge is 0.475 e. The lowest BCUT2D eigenvalue weighted by molar-refractivity contribution is -0.193. The van der Waals surface area contributed by atoms with Gasteiger partial charge in [0, 0.05) is 18.0 Å². The number of aliphatic carboxylic acids is 2. The molecule has 4 rings (SSSR count). The minimum absolute atomic E-state index is 0.00816. The van der Waals surface area contributed by atoms with Gasteiger partial charge >= 0.3 is 30.5 Å². The van der Waals surface area contributed by atoms with Crippen molar-refractivity contribution in [3.63, 3.8) is 0 Å². The Labute approximate surface area is 227 Å². The molecule has 42 heavy (non-hydrogen) atoms. The highest BCUT2D eigenvalue weighted by Crippen LogP contribution is 2.37. The fourth-order valence-corrected chi connectivity index (χ4v) is 2.86. The standard InChI is InChI=1S/C19H12F3N5O.2C2HF3O2/c20-19(21,22)13-6-2-1-5-12(13)17-26-16(14-7-3-4-10-27(14)17)18(28)25-15-8-9-23-11-24-15;2*3-2(4,5)1(6)7/h1-11H,(H,23,24,25,28);2*(H,6,7). The molecule has 3 aromatic heterocycles. The number of alkyl halides is 9. The number of imidazole rings is 1. The Balaban J connectivity index is 0.000000367. The summed E-state index contributed by atoms with van der Waals surface area (Å²) in [6.45, 7) is 0. The number of carboxylic acids is 2. The molecule has 4 aromatic rings. The number of hydrogen-bond acceptors (Lipinski definition) is 6. The van der Waals surface area contributed by atoms with E-state index in [9.17, 15) is 44.3 Å². The average molecular weight is 611 g/mol. The van der Waals surface area contributed by atoms with Crippen molar-refractivity contribution in [1.82, 2.24) is 19.4 Å². The molecule has 19 heteroatoms. The number of carbonyl (C=O) groups is 3. The molecule has 3 heterocycles. The first-order valence-corrected chi connectivity index (χ1v) is 10.6. The van der Waals surface area contributed by atoms with Gasteiger partial charge in [0.25, 0.3) is 5.91 Å². The number of carboxylic acid groups (broad SMARTS) is 2. The van der Waals surface area contributed by atoms with Gasteiger partial charge in [-0.25, -0.2) is 24.5 Å². The fraction of sp³-hybridized carbons (Fsp3) is 0.130. The Morgan fingerprint density at radius 2 is 1.33 bits per heavy atom. The van der Waals surface area contributed by atoms with E-state index in [-0.39, 0.29) is 22.9 Å². The van der Waals surface area contributed by atoms with Crippen LogP contribution in [0.5, 0.6) is 0 Å². The maximum absolute atomic E-state index is 13.5. The third kappa shape index (κ3) is 8.89. The maximum Gasteiger partial charge on any atom is 0.490 e. The molecule has 0 aliphatic carbocycles. The third-order valence-electron chi connectivity index (χ3n) is 4.55. The minimum Gasteiger partial charge on any atom is -0.475 e. The summed E-state index contributed by atoms with van der Waals surface area (Å²) in [5.41, 5.74) is -0.571. The number of benzene rings is 1. The van der Waals surface area contributed by atoms with Gasteiger partial charge in [-0.2, -0.15) is 39.5 Å². The number of hydrogen-bond donors (Lipinski definition) is 3. The second-order valence-electron chi connectivity index (χ2n) is 7.44. The van der Waals surface area contributed by atoms with E-state index in [0.717, 1.165) is 6.07 Å². The van der Waals surface area contributed by atoms with Crippen molar-refractivity contribution in [3.8, 4) is 11.4 Å². The Bertz CT molecular complexity index is 1530. The van der Waals surface area contributed by atoms with Gasteiger partial charge in [-0.05, 0) is 24.3 Å². The van der Waals surface area contributed by atoms with Crippen LogP contribution in [0.1, 0.15) is 16.1 Å². The first kappa shape index (κ1) is 33.0. The Morgan fingerprint density at radius 1 is 0.786 bits per heavy atom. The molecule has 0 fully saturated rings. The van der Waals surface area contributed by atoms with Crippen LogP contribution in [0.2, 0.25) is 0 Å². The van der Waals surface area contributed by atoms with E-state index in [4.69, 9.17) is 19.8 Å². The number of fused-ring (bicyclic) bond motifs is 1. The van der Waals surface area contributed by atoms with Crippen molar-refractivity contribution in [2.75, 3.05) is 5.32 Å². The molecule has 3 N–H and O–H groups in total. The van der Waals surface area contributed by atoms with Crippen LogP contribution >= 0.6 is 0 Å². The summed E-state index contributed by atoms with van der Waals surface area (Å²) in [7, 11) is 0. The van der Waals surface area contributed by atoms with E-state index in [0.29, 0.717) is 5.52 Å². The summed E-state index contributed by atoms with van der Waals surface area (Å²) < 4.78 is 105. The zero-order chi connectivity index (χ0) is 31.9. The number of anilines is 1. The molecule has 1 aromatic carbocycles. The number of nitrogens with one attached hydrogen (secondary N) is 1. The molecular weight excluding hydrogens is 597 g/mol. The molecule has 0 saturated carbocycles. The van der Waals surface area contributed by atoms with Crippen molar-refractivity contribution in [2.45, 2.75) is 18.5 Å². The molecule has 0 aliphatic rings. The predicted octanol–water partition coefficient (Wildman–Crippen LogP) is 5.33. The van der Waals surface area contributed by atoms with Crippen LogP contribution in [-0.2, 0) is 15.8 Å². The lowest BCUT2D eigenvalue weighted by Gasteiger charge is -2.11. The van der Waals surface area contributed by atoms with Crippen LogP contribution in [0.15, 0.2) is 67.3 Å². The molecule has 0 aliphatic heterocycles. The Kier molecular flexibility index (Phi) is 10.2. The lowest BCUT2D eigenvalue weighted by atomic mass is 10.1. The van der Waals surface area contributed by atoms with Crippen LogP contribution in [0.4, 0.5) is 45.3 Å². The summed E-state index contributed by atoms with van der Waals surface area (Å²) in [5.74, 6) is -5.82. The number of pyridine rings is 1. The van der Waals surface area contributed by atoms with E-state index in [1.165, 1.54) is 41.2 Å². The average Bonchev–Trinajstić information content (AvgIpc) is 3.28. The zero-order valence-corrected chi connectivity index (χ0v) is 20.2. The van der Waals surface area contributed by atoms with Gasteiger partial charge in [0.2, 0.25) is 0 Å². The highest BCUT2D eigenvalue weighted by molar-refractivity contribution is 6.07. The molecule has 10 nitrogen and oxygen atoms in total. The summed E-state index contributed by atoms with van der Waals surface area (Å²) in [4.78, 5) is 42.4. The van der Waals surface area contributed by atoms with Gasteiger partial charge in [0.1, 0.15) is 18.0 Å². The molecule has 0 unspecified atom stereocenters. The SMILES string of the molecule is O=C(Nc1ccncn1)c1nc(-c2ccccc2C(F)(F)F)n2ccccc12.O=C(O)C(F)(F)F.O=C(O)C(F)(F)F. The summed E-state index contributed by atoms with van der Waals surface area (Å²) in [6.07, 6.45) is -10.4. The number of aromatic nitrogens is 4. The highest BCUT2D eigenvalue weighted by Gasteiger charge is 2.39. The molecule has 0 atom stereocenters. The zero-order valence-electron chi connectivity index (χ0n) is 20.2. The van der Waals surface area contributed by atoms with E-state index in [1.54, 1.807) is 24.4 Å². The number of carbonyl (C=O) groups excluding carboxylic acids is 1. The van der Waals surface area contributed by atoms with E-state index >= 15 is 0 Å². The Hall–Kier alpha value is -5.23. The van der Waals surface area contributed by atoms with Crippen molar-refractivity contribution in [1.29, 1.82) is 0 Å². The van der Waals surface area contributed by atoms with Crippen molar-refractivity contribution >= 4 is 29.2 Å². The second kappa shape index (κ2) is 13.0. The van der Waals surface area contributed by atoms with Gasteiger partial charge in [0.15, 0.2) is 5.69 Å². The van der Waals surface area contributed by atoms with Gasteiger partial charge in [0.05, 0.1) is 11.1 Å². The van der Waals surface area contributed by atoms with Crippen LogP contribution in [0.25, 0.3) is 16.9 Å². The number of amides is 1. The van der Waals surface area contributed by atoms with Crippen molar-refractivity contribution < 1.29 is 64.1 Å². The van der Waals surface area contributed by atoms with Gasteiger partial charge in [-0.15, -0.1) is 0 Å². The summed E-state index contributed by atoms with van der Waals surface area (Å²) in [6, 6.07) is 11.6. The largest absolute Gasteiger partial charge is 0.490 e. The first-order valence-electron chi connectivity index (χ1n) is 10.6. The molecule has 0 spiro atoms. The number of rotatable bonds is 3. The normalized spacial score (nSPS) is 11.5. The van der Waals surface area contributed by atoms with E-state index in [1.807, 2.05) is 0 Å². The molecule has 1 amide bonds. The predicted molar refractivity (Wildman–Crippen MR) is 123 cm³/mol. The van der Waals surface area contributed by atoms with Crippen LogP contribution in [-0.4, -0.2) is 59.8 Å². The lowest BCUT2D eigenvalue weighted by Crippen LogP contribution is -2.21. The van der Waals surface area contributed by atoms with Crippen LogP contribution in [0.3, 0.4) is 0 Å². The molecule has 224 valence electrons. The molecule has 0 saturated heterocycles. The van der Waals surface area contributed by atoms with Gasteiger partial charge in [-0.1, -0.05) is 24.3 Å². The molecule has 0 radical (unpaired) electrons. The second-order valence-corrected chi connectivity index (χ2v) is 7.44. The highest BCUT2D eigenvalue weighted by atomic mass is 19.4. The van der Waals surface area contributed by atoms with Crippen LogP contribution < -0.4 is 5.32 Å². The topological polar surface area (TPSA) is 147 Å². The van der Waals surface area contributed by atoms with E-state index in [2.05, 4.69) is 20.3 Å². The number of halogens is 9. The quantitative estimate of drug-likeness (QED) is 0.264. The van der Waals surface area contributed by atoms with Crippen molar-refractivity contribution in [2.24, 2.45) is 0 Å². The van der Waals surface area contributed by atoms with Crippen molar-refractivity contribution in [3.05, 3.63) is 78.5 Å². The minimum atomic E-state index is -5.08. The van der Waals surface area contributed by atoms with Crippen LogP contribution in [0, 0.1) is 0 Å². The first-order chi connectivity index (χ1) is 19.3. The summed E-state index contributed by atoms with van der Waals surface area (Å²) >= 11 is 0. The third-order valence-corrected chi connectivity index (χ3v) is 4.55. The monoisotopic (exact) mass is 611 g/mol. The van der Waals surface area contributed by atoms with Gasteiger partial charge in [-0.3, -0.25) is 9.20 Å². The molecule has 0 bridgehead atoms. The number of nitrogens with zero attached hydrogens (tertiary/aromatic N) is 4. The summed E-state index contributed by atoms with van der Waals surface area (Å²) in [5, 5.41) is 16.8. The molecular formula is C23H14F9N5O5. The van der Waals surface area contributed by atoms with E-state index < -0.39 is 41.9 Å².